The number of rotatable bonds is 21. The first-order chi connectivity index (χ1) is 24.7. The van der Waals surface area contributed by atoms with Gasteiger partial charge < -0.3 is 29.7 Å². The summed E-state index contributed by atoms with van der Waals surface area (Å²) in [6.45, 7) is 12.3. The number of amides is 2. The normalized spacial score (nSPS) is 21.4. The number of hydrogen-bond donors (Lipinski definition) is 2. The lowest BCUT2D eigenvalue weighted by molar-refractivity contribution is -0.149. The van der Waals surface area contributed by atoms with Gasteiger partial charge in [-0.25, -0.2) is 0 Å². The lowest BCUT2D eigenvalue weighted by Crippen LogP contribution is -2.54. The van der Waals surface area contributed by atoms with Crippen LogP contribution < -0.4 is 5.32 Å². The van der Waals surface area contributed by atoms with Crippen molar-refractivity contribution in [3.8, 4) is 0 Å². The minimum Gasteiger partial charge on any atom is -0.388 e. The zero-order valence-corrected chi connectivity index (χ0v) is 33.7. The number of nitrogens with one attached hydrogen (secondary N) is 1. The fourth-order valence-electron chi connectivity index (χ4n) is 8.94. The molecule has 0 radical (unpaired) electrons. The van der Waals surface area contributed by atoms with Crippen molar-refractivity contribution in [2.24, 2.45) is 35.5 Å². The number of aliphatic hydroxyl groups excluding tert-OH is 1. The van der Waals surface area contributed by atoms with Gasteiger partial charge in [0.1, 0.15) is 5.78 Å². The topological polar surface area (TPSA) is 125 Å². The van der Waals surface area contributed by atoms with E-state index in [2.05, 4.69) is 5.32 Å². The van der Waals surface area contributed by atoms with E-state index < -0.39 is 30.1 Å². The van der Waals surface area contributed by atoms with Gasteiger partial charge in [0.25, 0.3) is 0 Å². The molecule has 3 rings (SSSR count). The first-order valence-corrected chi connectivity index (χ1v) is 19.8. The molecule has 0 spiro atoms. The summed E-state index contributed by atoms with van der Waals surface area (Å²) in [5, 5.41) is 14.0. The molecular weight excluding hydrogens is 658 g/mol. The summed E-state index contributed by atoms with van der Waals surface area (Å²) in [6.07, 6.45) is 4.23. The molecule has 294 valence electrons. The molecule has 1 aliphatic carbocycles. The van der Waals surface area contributed by atoms with Crippen molar-refractivity contribution in [2.75, 3.05) is 34.9 Å². The van der Waals surface area contributed by atoms with Crippen LogP contribution in [-0.2, 0) is 28.7 Å². The predicted octanol–water partition coefficient (Wildman–Crippen LogP) is 5.86. The average molecular weight is 728 g/mol. The number of carbonyl (C=O) groups excluding carboxylic acids is 4. The van der Waals surface area contributed by atoms with E-state index >= 15 is 0 Å². The van der Waals surface area contributed by atoms with Gasteiger partial charge in [0.2, 0.25) is 11.8 Å². The quantitative estimate of drug-likeness (QED) is 0.162. The van der Waals surface area contributed by atoms with Gasteiger partial charge in [-0.2, -0.15) is 0 Å². The molecule has 1 aliphatic heterocycles. The Morgan fingerprint density at radius 1 is 0.865 bits per heavy atom. The minimum absolute atomic E-state index is 0.00236. The number of hydrogen-bond acceptors (Lipinski definition) is 8. The zero-order valence-electron chi connectivity index (χ0n) is 33.7. The van der Waals surface area contributed by atoms with Crippen molar-refractivity contribution in [1.29, 1.82) is 0 Å². The first kappa shape index (κ1) is 43.7. The Kier molecular flexibility index (Phi) is 17.4. The lowest BCUT2D eigenvalue weighted by Gasteiger charge is -2.41. The van der Waals surface area contributed by atoms with Gasteiger partial charge in [-0.15, -0.1) is 0 Å². The molecule has 2 fully saturated rings. The molecule has 9 atom stereocenters. The van der Waals surface area contributed by atoms with Crippen molar-refractivity contribution in [2.45, 2.75) is 136 Å². The third kappa shape index (κ3) is 11.0. The molecule has 1 saturated heterocycles. The number of benzene rings is 1. The average Bonchev–Trinajstić information content (AvgIpc) is 3.83. The standard InChI is InChI=1S/C42H69N3O7/c1-26(2)32(24-35(47)38(43-7)27(3)4)42(50)44(8)39(30-17-14-15-18-30)36(51-9)25-37(48)45-22-16-21-33(45)41(52-10)29(6)34(46)23-28(5)40(49)31-19-12-11-13-20-31/h11-13,19-20,26-30,32-33,36,38-41,43,49H,14-18,21-25H2,1-10H3/t28-,29-,32-,33-,36+,38-,39-,40+,41+/m0/s1. The van der Waals surface area contributed by atoms with Gasteiger partial charge in [0.05, 0.1) is 42.9 Å². The molecule has 1 heterocycles. The highest BCUT2D eigenvalue weighted by Crippen LogP contribution is 2.36. The Labute approximate surface area is 313 Å². The molecule has 2 aliphatic rings. The van der Waals surface area contributed by atoms with Crippen LogP contribution >= 0.6 is 0 Å². The molecule has 2 N–H and O–H groups in total. The molecule has 0 aromatic heterocycles. The van der Waals surface area contributed by atoms with Gasteiger partial charge in [-0.3, -0.25) is 19.2 Å². The molecule has 10 nitrogen and oxygen atoms in total. The Bertz CT molecular complexity index is 1280. The number of carbonyl (C=O) groups is 4. The summed E-state index contributed by atoms with van der Waals surface area (Å²) in [5.41, 5.74) is 0.782. The van der Waals surface area contributed by atoms with Crippen LogP contribution in [0.2, 0.25) is 0 Å². The highest BCUT2D eigenvalue weighted by atomic mass is 16.5. The van der Waals surface area contributed by atoms with E-state index in [1.54, 1.807) is 26.2 Å². The Morgan fingerprint density at radius 3 is 2.04 bits per heavy atom. The van der Waals surface area contributed by atoms with E-state index in [4.69, 9.17) is 9.47 Å². The van der Waals surface area contributed by atoms with Gasteiger partial charge in [-0.05, 0) is 62.0 Å². The van der Waals surface area contributed by atoms with E-state index in [9.17, 15) is 24.3 Å². The molecule has 1 aromatic carbocycles. The number of ether oxygens (including phenoxy) is 2. The van der Waals surface area contributed by atoms with Crippen LogP contribution in [0.3, 0.4) is 0 Å². The summed E-state index contributed by atoms with van der Waals surface area (Å²) in [5.74, 6) is -1.10. The van der Waals surface area contributed by atoms with Gasteiger partial charge >= 0.3 is 0 Å². The molecule has 52 heavy (non-hydrogen) atoms. The highest BCUT2D eigenvalue weighted by molar-refractivity contribution is 5.90. The zero-order chi connectivity index (χ0) is 38.7. The smallest absolute Gasteiger partial charge is 0.226 e. The predicted molar refractivity (Wildman–Crippen MR) is 204 cm³/mol. The highest BCUT2D eigenvalue weighted by Gasteiger charge is 2.44. The van der Waals surface area contributed by atoms with E-state index in [-0.39, 0.29) is 84.4 Å². The lowest BCUT2D eigenvalue weighted by atomic mass is 9.83. The van der Waals surface area contributed by atoms with Gasteiger partial charge in [0, 0.05) is 52.5 Å². The molecule has 0 unspecified atom stereocenters. The Morgan fingerprint density at radius 2 is 1.50 bits per heavy atom. The van der Waals surface area contributed by atoms with Crippen molar-refractivity contribution < 1.29 is 33.8 Å². The molecule has 10 heteroatoms. The number of likely N-dealkylation sites (tertiary alicyclic amines) is 1. The second kappa shape index (κ2) is 20.7. The number of likely N-dealkylation sites (N-methyl/N-ethyl adjacent to an activating group) is 2. The minimum atomic E-state index is -0.756. The van der Waals surface area contributed by atoms with Crippen LogP contribution in [0.15, 0.2) is 30.3 Å². The van der Waals surface area contributed by atoms with Crippen LogP contribution in [0.1, 0.15) is 111 Å². The number of ketones is 2. The van der Waals surface area contributed by atoms with Crippen LogP contribution in [0, 0.1) is 35.5 Å². The van der Waals surface area contributed by atoms with Crippen LogP contribution in [0.25, 0.3) is 0 Å². The molecule has 1 saturated carbocycles. The van der Waals surface area contributed by atoms with Crippen molar-refractivity contribution in [3.63, 3.8) is 0 Å². The van der Waals surface area contributed by atoms with E-state index in [1.165, 1.54) is 0 Å². The van der Waals surface area contributed by atoms with Crippen molar-refractivity contribution >= 4 is 23.4 Å². The maximum atomic E-state index is 14.3. The summed E-state index contributed by atoms with van der Waals surface area (Å²) in [4.78, 5) is 59.2. The van der Waals surface area contributed by atoms with Gasteiger partial charge in [0.15, 0.2) is 5.78 Å². The van der Waals surface area contributed by atoms with Crippen LogP contribution in [-0.4, -0.2) is 103 Å². The number of Topliss-reactive ketones (excluding diaryl/α,β-unsaturated/α-hetero) is 2. The molecule has 0 bridgehead atoms. The maximum absolute atomic E-state index is 14.3. The number of nitrogens with zero attached hydrogens (tertiary/aromatic N) is 2. The van der Waals surface area contributed by atoms with Crippen molar-refractivity contribution in [3.05, 3.63) is 35.9 Å². The summed E-state index contributed by atoms with van der Waals surface area (Å²) >= 11 is 0. The molecule has 1 aromatic rings. The third-order valence-corrected chi connectivity index (χ3v) is 12.1. The largest absolute Gasteiger partial charge is 0.388 e. The SMILES string of the molecule is CN[C@H](C(=O)C[C@H](C(=O)N(C)[C@@H](C1CCCC1)[C@@H](CC(=O)N1CCC[C@H]1[C@H](OC)[C@@H](C)C(=O)C[C@H](C)[C@@H](O)c1ccccc1)OC)C(C)C)C(C)C. The van der Waals surface area contributed by atoms with Gasteiger partial charge in [-0.1, -0.05) is 84.7 Å². The van der Waals surface area contributed by atoms with E-state index in [0.717, 1.165) is 44.1 Å². The summed E-state index contributed by atoms with van der Waals surface area (Å²) < 4.78 is 12.1. The van der Waals surface area contributed by atoms with E-state index in [0.29, 0.717) is 6.54 Å². The number of aliphatic hydroxyl groups is 1. The number of methoxy groups -OCH3 is 2. The second-order valence-corrected chi connectivity index (χ2v) is 16.3. The monoisotopic (exact) mass is 728 g/mol. The van der Waals surface area contributed by atoms with E-state index in [1.807, 2.05) is 83.8 Å². The molecular formula is C42H69N3O7. The van der Waals surface area contributed by atoms with Crippen LogP contribution in [0.5, 0.6) is 0 Å². The maximum Gasteiger partial charge on any atom is 0.226 e. The van der Waals surface area contributed by atoms with Crippen molar-refractivity contribution in [1.82, 2.24) is 15.1 Å². The summed E-state index contributed by atoms with van der Waals surface area (Å²) in [7, 11) is 6.83. The van der Waals surface area contributed by atoms with Crippen LogP contribution in [0.4, 0.5) is 0 Å². The Hall–Kier alpha value is -2.66. The summed E-state index contributed by atoms with van der Waals surface area (Å²) in [6, 6.07) is 8.47. The molecule has 2 amide bonds. The first-order valence-electron chi connectivity index (χ1n) is 19.8. The second-order valence-electron chi connectivity index (χ2n) is 16.3. The fourth-order valence-corrected chi connectivity index (χ4v) is 8.94. The Balaban J connectivity index is 1.77. The third-order valence-electron chi connectivity index (χ3n) is 12.1. The fraction of sp³-hybridized carbons (Fsp3) is 0.762.